The highest BCUT2D eigenvalue weighted by Gasteiger charge is 2.19. The summed E-state index contributed by atoms with van der Waals surface area (Å²) in [6.07, 6.45) is 2.69. The Labute approximate surface area is 139 Å². The van der Waals surface area contributed by atoms with Crippen LogP contribution in [0.3, 0.4) is 0 Å². The first-order valence-electron chi connectivity index (χ1n) is 7.82. The van der Waals surface area contributed by atoms with Crippen LogP contribution in [0.1, 0.15) is 24.0 Å². The van der Waals surface area contributed by atoms with E-state index in [1.807, 2.05) is 6.07 Å². The Balaban J connectivity index is 0.00000176. The lowest BCUT2D eigenvalue weighted by atomic mass is 10.1. The summed E-state index contributed by atoms with van der Waals surface area (Å²) in [5.74, 6) is 0. The fourth-order valence-corrected chi connectivity index (χ4v) is 2.86. The number of ether oxygens (including phenoxy) is 1. The number of rotatable bonds is 5. The van der Waals surface area contributed by atoms with Crippen molar-refractivity contribution in [3.63, 3.8) is 0 Å². The SMILES string of the molecule is Cl.c1ccc(COC2CCN(Cc3ccccc3)CC2)cc1. The lowest BCUT2D eigenvalue weighted by molar-refractivity contribution is -0.00394. The number of likely N-dealkylation sites (tertiary alicyclic amines) is 1. The third-order valence-electron chi connectivity index (χ3n) is 4.11. The van der Waals surface area contributed by atoms with Crippen LogP contribution in [0.4, 0.5) is 0 Å². The van der Waals surface area contributed by atoms with Crippen molar-refractivity contribution < 1.29 is 4.74 Å². The van der Waals surface area contributed by atoms with Crippen molar-refractivity contribution in [3.8, 4) is 0 Å². The van der Waals surface area contributed by atoms with Crippen LogP contribution in [-0.2, 0) is 17.9 Å². The summed E-state index contributed by atoms with van der Waals surface area (Å²) in [6, 6.07) is 21.2. The molecule has 1 aliphatic heterocycles. The van der Waals surface area contributed by atoms with E-state index in [0.717, 1.165) is 39.1 Å². The summed E-state index contributed by atoms with van der Waals surface area (Å²) in [5, 5.41) is 0. The zero-order valence-corrected chi connectivity index (χ0v) is 13.7. The van der Waals surface area contributed by atoms with Gasteiger partial charge in [-0.3, -0.25) is 4.90 Å². The average molecular weight is 318 g/mol. The maximum atomic E-state index is 6.04. The monoisotopic (exact) mass is 317 g/mol. The molecule has 0 spiro atoms. The van der Waals surface area contributed by atoms with Crippen LogP contribution in [-0.4, -0.2) is 24.1 Å². The highest BCUT2D eigenvalue weighted by atomic mass is 35.5. The van der Waals surface area contributed by atoms with Crippen LogP contribution in [0.15, 0.2) is 60.7 Å². The molecule has 3 rings (SSSR count). The fraction of sp³-hybridized carbons (Fsp3) is 0.368. The van der Waals surface area contributed by atoms with E-state index in [1.165, 1.54) is 11.1 Å². The molecular formula is C19H24ClNO. The lowest BCUT2D eigenvalue weighted by Crippen LogP contribution is -2.36. The van der Waals surface area contributed by atoms with Crippen LogP contribution in [0.25, 0.3) is 0 Å². The Morgan fingerprint density at radius 3 is 1.95 bits per heavy atom. The van der Waals surface area contributed by atoms with Gasteiger partial charge in [0.05, 0.1) is 12.7 Å². The largest absolute Gasteiger partial charge is 0.373 e. The van der Waals surface area contributed by atoms with Crippen LogP contribution in [0, 0.1) is 0 Å². The first kappa shape index (κ1) is 17.0. The van der Waals surface area contributed by atoms with E-state index in [-0.39, 0.29) is 12.4 Å². The van der Waals surface area contributed by atoms with Crippen molar-refractivity contribution in [1.82, 2.24) is 4.90 Å². The van der Waals surface area contributed by atoms with E-state index in [9.17, 15) is 0 Å². The molecule has 2 nitrogen and oxygen atoms in total. The average Bonchev–Trinajstić information content (AvgIpc) is 2.56. The Hall–Kier alpha value is -1.35. The highest BCUT2D eigenvalue weighted by Crippen LogP contribution is 2.17. The van der Waals surface area contributed by atoms with Crippen molar-refractivity contribution in [1.29, 1.82) is 0 Å². The van der Waals surface area contributed by atoms with Crippen LogP contribution in [0.2, 0.25) is 0 Å². The molecule has 1 heterocycles. The minimum Gasteiger partial charge on any atom is -0.373 e. The van der Waals surface area contributed by atoms with Gasteiger partial charge in [-0.15, -0.1) is 12.4 Å². The molecule has 0 aromatic heterocycles. The molecule has 1 aliphatic rings. The van der Waals surface area contributed by atoms with Crippen LogP contribution in [0.5, 0.6) is 0 Å². The molecule has 118 valence electrons. The number of piperidine rings is 1. The lowest BCUT2D eigenvalue weighted by Gasteiger charge is -2.32. The molecule has 0 N–H and O–H groups in total. The van der Waals surface area contributed by atoms with E-state index in [2.05, 4.69) is 59.5 Å². The second kappa shape index (κ2) is 8.94. The molecule has 0 atom stereocenters. The van der Waals surface area contributed by atoms with Crippen LogP contribution < -0.4 is 0 Å². The minimum atomic E-state index is 0. The van der Waals surface area contributed by atoms with Gasteiger partial charge in [-0.1, -0.05) is 60.7 Å². The van der Waals surface area contributed by atoms with Crippen molar-refractivity contribution >= 4 is 12.4 Å². The van der Waals surface area contributed by atoms with E-state index in [0.29, 0.717) is 6.10 Å². The van der Waals surface area contributed by atoms with Gasteiger partial charge in [0.25, 0.3) is 0 Å². The Morgan fingerprint density at radius 2 is 1.36 bits per heavy atom. The third-order valence-corrected chi connectivity index (χ3v) is 4.11. The molecule has 0 unspecified atom stereocenters. The molecule has 1 fully saturated rings. The molecule has 2 aromatic carbocycles. The van der Waals surface area contributed by atoms with E-state index in [1.54, 1.807) is 0 Å². The summed E-state index contributed by atoms with van der Waals surface area (Å²) in [7, 11) is 0. The molecule has 0 aliphatic carbocycles. The van der Waals surface area contributed by atoms with Crippen molar-refractivity contribution in [3.05, 3.63) is 71.8 Å². The molecule has 2 aromatic rings. The summed E-state index contributed by atoms with van der Waals surface area (Å²) in [6.45, 7) is 4.07. The van der Waals surface area contributed by atoms with Gasteiger partial charge >= 0.3 is 0 Å². The Morgan fingerprint density at radius 1 is 0.818 bits per heavy atom. The number of halogens is 1. The normalized spacial score (nSPS) is 16.2. The van der Waals surface area contributed by atoms with Gasteiger partial charge in [-0.2, -0.15) is 0 Å². The number of hydrogen-bond donors (Lipinski definition) is 0. The molecule has 3 heteroatoms. The number of nitrogens with zero attached hydrogens (tertiary/aromatic N) is 1. The molecule has 0 bridgehead atoms. The van der Waals surface area contributed by atoms with Gasteiger partial charge in [0, 0.05) is 19.6 Å². The summed E-state index contributed by atoms with van der Waals surface area (Å²) in [4.78, 5) is 2.53. The maximum Gasteiger partial charge on any atom is 0.0720 e. The Kier molecular flexibility index (Phi) is 6.91. The fourth-order valence-electron chi connectivity index (χ4n) is 2.86. The van der Waals surface area contributed by atoms with Gasteiger partial charge in [-0.05, 0) is 24.0 Å². The molecule has 0 radical (unpaired) electrons. The zero-order chi connectivity index (χ0) is 14.3. The molecule has 1 saturated heterocycles. The van der Waals surface area contributed by atoms with Crippen LogP contribution >= 0.6 is 12.4 Å². The maximum absolute atomic E-state index is 6.04. The highest BCUT2D eigenvalue weighted by molar-refractivity contribution is 5.85. The predicted molar refractivity (Wildman–Crippen MR) is 93.2 cm³/mol. The second-order valence-electron chi connectivity index (χ2n) is 5.76. The standard InChI is InChI=1S/C19H23NO.ClH/c1-3-7-17(8-4-1)15-20-13-11-19(12-14-20)21-16-18-9-5-2-6-10-18;/h1-10,19H,11-16H2;1H. The first-order valence-corrected chi connectivity index (χ1v) is 7.82. The predicted octanol–water partition coefficient (Wildman–Crippen LogP) is 4.29. The third kappa shape index (κ3) is 5.13. The van der Waals surface area contributed by atoms with Crippen molar-refractivity contribution in [2.45, 2.75) is 32.1 Å². The summed E-state index contributed by atoms with van der Waals surface area (Å²) in [5.41, 5.74) is 2.67. The van der Waals surface area contributed by atoms with Gasteiger partial charge in [0.1, 0.15) is 0 Å². The smallest absolute Gasteiger partial charge is 0.0720 e. The zero-order valence-electron chi connectivity index (χ0n) is 12.9. The van der Waals surface area contributed by atoms with Gasteiger partial charge in [-0.25, -0.2) is 0 Å². The van der Waals surface area contributed by atoms with E-state index < -0.39 is 0 Å². The van der Waals surface area contributed by atoms with E-state index >= 15 is 0 Å². The quantitative estimate of drug-likeness (QED) is 0.815. The van der Waals surface area contributed by atoms with Gasteiger partial charge < -0.3 is 4.74 Å². The van der Waals surface area contributed by atoms with E-state index in [4.69, 9.17) is 4.74 Å². The molecule has 0 saturated carbocycles. The van der Waals surface area contributed by atoms with Crippen molar-refractivity contribution in [2.24, 2.45) is 0 Å². The minimum absolute atomic E-state index is 0. The molecule has 22 heavy (non-hydrogen) atoms. The number of benzene rings is 2. The van der Waals surface area contributed by atoms with Gasteiger partial charge in [0.2, 0.25) is 0 Å². The summed E-state index contributed by atoms with van der Waals surface area (Å²) >= 11 is 0. The number of hydrogen-bond acceptors (Lipinski definition) is 2. The molecular weight excluding hydrogens is 294 g/mol. The first-order chi connectivity index (χ1) is 10.4. The Bertz CT molecular complexity index is 524. The topological polar surface area (TPSA) is 12.5 Å². The van der Waals surface area contributed by atoms with Crippen molar-refractivity contribution in [2.75, 3.05) is 13.1 Å². The molecule has 0 amide bonds. The van der Waals surface area contributed by atoms with Gasteiger partial charge in [0.15, 0.2) is 0 Å². The second-order valence-corrected chi connectivity index (χ2v) is 5.76. The summed E-state index contributed by atoms with van der Waals surface area (Å²) < 4.78 is 6.04.